The van der Waals surface area contributed by atoms with Crippen LogP contribution in [0.15, 0.2) is 24.3 Å². The number of hydrogen-bond donors (Lipinski definition) is 0. The summed E-state index contributed by atoms with van der Waals surface area (Å²) in [5.41, 5.74) is 0.0103. The van der Waals surface area contributed by atoms with Gasteiger partial charge in [-0.1, -0.05) is 12.1 Å². The number of carbonyl (C=O) groups excluding carboxylic acids is 2. The summed E-state index contributed by atoms with van der Waals surface area (Å²) in [5, 5.41) is 9.25. The van der Waals surface area contributed by atoms with Gasteiger partial charge < -0.3 is 4.74 Å². The van der Waals surface area contributed by atoms with Crippen LogP contribution in [0, 0.1) is 10.1 Å². The van der Waals surface area contributed by atoms with Crippen LogP contribution in [-0.2, 0) is 4.74 Å². The first kappa shape index (κ1) is 13.1. The van der Waals surface area contributed by atoms with E-state index in [1.807, 2.05) is 0 Å². The minimum absolute atomic E-state index is 0.00384. The van der Waals surface area contributed by atoms with Crippen LogP contribution in [0.5, 0.6) is 0 Å². The van der Waals surface area contributed by atoms with Crippen LogP contribution in [0.25, 0.3) is 0 Å². The molecule has 0 unspecified atom stereocenters. The molecule has 0 radical (unpaired) electrons. The standard InChI is InChI=1S/C10H8ClNO5/c11-9(13)7-3-1-2-4-8(7)10(14)17-6-5-12(15)16/h1-4H,5-6H2. The Labute approximate surface area is 101 Å². The van der Waals surface area contributed by atoms with Crippen molar-refractivity contribution in [2.45, 2.75) is 0 Å². The molecule has 0 aliphatic heterocycles. The molecule has 1 rings (SSSR count). The first-order valence-corrected chi connectivity index (χ1v) is 4.98. The summed E-state index contributed by atoms with van der Waals surface area (Å²) in [6.07, 6.45) is 0. The first-order valence-electron chi connectivity index (χ1n) is 4.60. The summed E-state index contributed by atoms with van der Waals surface area (Å²) in [6.45, 7) is -0.834. The molecule has 6 nitrogen and oxygen atoms in total. The molecule has 0 atom stereocenters. The highest BCUT2D eigenvalue weighted by Crippen LogP contribution is 2.12. The molecule has 0 saturated carbocycles. The Morgan fingerprint density at radius 2 is 1.88 bits per heavy atom. The third-order valence-corrected chi connectivity index (χ3v) is 2.07. The van der Waals surface area contributed by atoms with Crippen molar-refractivity contribution in [3.63, 3.8) is 0 Å². The molecule has 1 aromatic rings. The molecular weight excluding hydrogens is 250 g/mol. The molecule has 7 heteroatoms. The van der Waals surface area contributed by atoms with Gasteiger partial charge in [0.15, 0.2) is 6.61 Å². The molecule has 0 aliphatic carbocycles. The zero-order valence-corrected chi connectivity index (χ0v) is 9.35. The number of halogens is 1. The van der Waals surface area contributed by atoms with E-state index >= 15 is 0 Å². The second kappa shape index (κ2) is 5.95. The zero-order valence-electron chi connectivity index (χ0n) is 8.59. The van der Waals surface area contributed by atoms with E-state index in [4.69, 9.17) is 11.6 Å². The Morgan fingerprint density at radius 1 is 1.29 bits per heavy atom. The van der Waals surface area contributed by atoms with Crippen LogP contribution in [0.2, 0.25) is 0 Å². The molecule has 1 aromatic carbocycles. The molecule has 0 spiro atoms. The van der Waals surface area contributed by atoms with Gasteiger partial charge in [0.2, 0.25) is 6.54 Å². The van der Waals surface area contributed by atoms with Gasteiger partial charge in [0, 0.05) is 10.5 Å². The summed E-state index contributed by atoms with van der Waals surface area (Å²) in [5.74, 6) is -0.809. The fourth-order valence-electron chi connectivity index (χ4n) is 1.12. The molecule has 0 heterocycles. The molecule has 0 fully saturated rings. The van der Waals surface area contributed by atoms with Gasteiger partial charge in [-0.25, -0.2) is 4.79 Å². The molecule has 0 N–H and O–H groups in total. The maximum absolute atomic E-state index is 11.5. The van der Waals surface area contributed by atoms with Crippen molar-refractivity contribution in [2.75, 3.05) is 13.2 Å². The molecule has 0 amide bonds. The summed E-state index contributed by atoms with van der Waals surface area (Å²) in [6, 6.07) is 5.82. The number of hydrogen-bond acceptors (Lipinski definition) is 5. The quantitative estimate of drug-likeness (QED) is 0.345. The SMILES string of the molecule is O=C(Cl)c1ccccc1C(=O)OCC[N+](=O)[O-]. The van der Waals surface area contributed by atoms with Crippen molar-refractivity contribution in [1.82, 2.24) is 0 Å². The van der Waals surface area contributed by atoms with E-state index in [1.54, 1.807) is 6.07 Å². The van der Waals surface area contributed by atoms with E-state index in [0.29, 0.717) is 0 Å². The van der Waals surface area contributed by atoms with Gasteiger partial charge in [-0.15, -0.1) is 0 Å². The van der Waals surface area contributed by atoms with Crippen molar-refractivity contribution < 1.29 is 19.2 Å². The fourth-order valence-corrected chi connectivity index (χ4v) is 1.29. The number of carbonyl (C=O) groups is 2. The lowest BCUT2D eigenvalue weighted by Gasteiger charge is -2.05. The highest BCUT2D eigenvalue weighted by atomic mass is 35.5. The summed E-state index contributed by atoms with van der Waals surface area (Å²) >= 11 is 5.28. The van der Waals surface area contributed by atoms with Crippen LogP contribution in [0.4, 0.5) is 0 Å². The highest BCUT2D eigenvalue weighted by Gasteiger charge is 2.16. The predicted octanol–water partition coefficient (Wildman–Crippen LogP) is 1.50. The van der Waals surface area contributed by atoms with E-state index in [-0.39, 0.29) is 17.7 Å². The molecule has 0 aromatic heterocycles. The van der Waals surface area contributed by atoms with Crippen LogP contribution in [0.3, 0.4) is 0 Å². The maximum atomic E-state index is 11.5. The fraction of sp³-hybridized carbons (Fsp3) is 0.200. The predicted molar refractivity (Wildman–Crippen MR) is 58.8 cm³/mol. The maximum Gasteiger partial charge on any atom is 0.339 e. The molecule has 90 valence electrons. The van der Waals surface area contributed by atoms with Crippen LogP contribution >= 0.6 is 11.6 Å². The van der Waals surface area contributed by atoms with Crippen molar-refractivity contribution in [2.24, 2.45) is 0 Å². The van der Waals surface area contributed by atoms with Gasteiger partial charge in [-0.3, -0.25) is 14.9 Å². The largest absolute Gasteiger partial charge is 0.455 e. The highest BCUT2D eigenvalue weighted by molar-refractivity contribution is 6.68. The number of ether oxygens (including phenoxy) is 1. The molecule has 0 saturated heterocycles. The van der Waals surface area contributed by atoms with Gasteiger partial charge in [-0.05, 0) is 23.7 Å². The minimum atomic E-state index is -0.809. The third kappa shape index (κ3) is 3.84. The van der Waals surface area contributed by atoms with Crippen LogP contribution in [0.1, 0.15) is 20.7 Å². The number of rotatable bonds is 5. The number of benzene rings is 1. The Bertz CT molecular complexity index is 460. The molecular formula is C10H8ClNO5. The van der Waals surface area contributed by atoms with Crippen LogP contribution < -0.4 is 0 Å². The third-order valence-electron chi connectivity index (χ3n) is 1.87. The average molecular weight is 258 g/mol. The van der Waals surface area contributed by atoms with Gasteiger partial charge in [0.1, 0.15) is 0 Å². The summed E-state index contributed by atoms with van der Waals surface area (Å²) in [7, 11) is 0. The Morgan fingerprint density at radius 3 is 2.41 bits per heavy atom. The molecule has 0 aliphatic rings. The second-order valence-electron chi connectivity index (χ2n) is 3.01. The summed E-state index contributed by atoms with van der Waals surface area (Å²) in [4.78, 5) is 31.9. The Balaban J connectivity index is 2.75. The monoisotopic (exact) mass is 257 g/mol. The van der Waals surface area contributed by atoms with Crippen molar-refractivity contribution in [3.8, 4) is 0 Å². The second-order valence-corrected chi connectivity index (χ2v) is 3.35. The number of nitro groups is 1. The van der Waals surface area contributed by atoms with Crippen molar-refractivity contribution >= 4 is 22.8 Å². The van der Waals surface area contributed by atoms with E-state index < -0.39 is 22.7 Å². The molecule has 0 bridgehead atoms. The average Bonchev–Trinajstić information content (AvgIpc) is 2.28. The Kier molecular flexibility index (Phi) is 4.59. The minimum Gasteiger partial charge on any atom is -0.455 e. The van der Waals surface area contributed by atoms with E-state index in [9.17, 15) is 19.7 Å². The first-order chi connectivity index (χ1) is 8.02. The van der Waals surface area contributed by atoms with E-state index in [2.05, 4.69) is 4.74 Å². The van der Waals surface area contributed by atoms with E-state index in [0.717, 1.165) is 0 Å². The normalized spacial score (nSPS) is 9.71. The lowest BCUT2D eigenvalue weighted by atomic mass is 10.1. The number of nitrogens with zero attached hydrogens (tertiary/aromatic N) is 1. The van der Waals surface area contributed by atoms with Gasteiger partial charge in [0.05, 0.1) is 5.56 Å². The van der Waals surface area contributed by atoms with Crippen LogP contribution in [-0.4, -0.2) is 29.3 Å². The summed E-state index contributed by atoms with van der Waals surface area (Å²) < 4.78 is 4.64. The lowest BCUT2D eigenvalue weighted by molar-refractivity contribution is -0.482. The van der Waals surface area contributed by atoms with Gasteiger partial charge >= 0.3 is 5.97 Å². The lowest BCUT2D eigenvalue weighted by Crippen LogP contribution is -2.15. The topological polar surface area (TPSA) is 86.5 Å². The smallest absolute Gasteiger partial charge is 0.339 e. The van der Waals surface area contributed by atoms with E-state index in [1.165, 1.54) is 18.2 Å². The van der Waals surface area contributed by atoms with Gasteiger partial charge in [-0.2, -0.15) is 0 Å². The molecule has 17 heavy (non-hydrogen) atoms. The Hall–Kier alpha value is -1.95. The zero-order chi connectivity index (χ0) is 12.8. The van der Waals surface area contributed by atoms with Crippen molar-refractivity contribution in [3.05, 3.63) is 45.5 Å². The van der Waals surface area contributed by atoms with Gasteiger partial charge in [0.25, 0.3) is 5.24 Å². The van der Waals surface area contributed by atoms with Crippen molar-refractivity contribution in [1.29, 1.82) is 0 Å². The number of esters is 1.